The number of hydrogen-bond acceptors (Lipinski definition) is 4. The minimum atomic E-state index is 0.240. The van der Waals surface area contributed by atoms with Crippen molar-refractivity contribution < 1.29 is 4.52 Å². The molecular weight excluding hydrogens is 246 g/mol. The van der Waals surface area contributed by atoms with Crippen molar-refractivity contribution in [2.45, 2.75) is 0 Å². The Balaban J connectivity index is 2.54. The van der Waals surface area contributed by atoms with Gasteiger partial charge in [0.2, 0.25) is 0 Å². The summed E-state index contributed by atoms with van der Waals surface area (Å²) >= 11 is 3.24. The normalized spacial score (nSPS) is 9.71. The number of halogens is 1. The van der Waals surface area contributed by atoms with Crippen molar-refractivity contribution in [3.63, 3.8) is 0 Å². The highest BCUT2D eigenvalue weighted by molar-refractivity contribution is 9.10. The SMILES string of the molecule is N#Cc1noc(-c2cccnc2)c1Br. The Morgan fingerprint density at radius 3 is 2.93 bits per heavy atom. The summed E-state index contributed by atoms with van der Waals surface area (Å²) in [6.45, 7) is 0. The zero-order chi connectivity index (χ0) is 9.97. The lowest BCUT2D eigenvalue weighted by atomic mass is 10.2. The van der Waals surface area contributed by atoms with Gasteiger partial charge in [0, 0.05) is 18.0 Å². The molecule has 0 fully saturated rings. The number of nitrogens with zero attached hydrogens (tertiary/aromatic N) is 3. The molecule has 0 saturated carbocycles. The second-order valence-corrected chi connectivity index (χ2v) is 3.32. The third kappa shape index (κ3) is 1.40. The predicted octanol–water partition coefficient (Wildman–Crippen LogP) is 2.37. The quantitative estimate of drug-likeness (QED) is 0.779. The van der Waals surface area contributed by atoms with Gasteiger partial charge in [-0.3, -0.25) is 4.98 Å². The number of rotatable bonds is 1. The van der Waals surface area contributed by atoms with Crippen LogP contribution in [0.2, 0.25) is 0 Å². The molecule has 2 aromatic rings. The Morgan fingerprint density at radius 1 is 1.50 bits per heavy atom. The van der Waals surface area contributed by atoms with Gasteiger partial charge in [-0.15, -0.1) is 0 Å². The first-order valence-electron chi connectivity index (χ1n) is 3.78. The van der Waals surface area contributed by atoms with Gasteiger partial charge in [0.25, 0.3) is 0 Å². The van der Waals surface area contributed by atoms with Crippen molar-refractivity contribution in [2.24, 2.45) is 0 Å². The fraction of sp³-hybridized carbons (Fsp3) is 0. The lowest BCUT2D eigenvalue weighted by Gasteiger charge is -1.93. The van der Waals surface area contributed by atoms with Crippen molar-refractivity contribution >= 4 is 15.9 Å². The largest absolute Gasteiger partial charge is 0.354 e. The van der Waals surface area contributed by atoms with E-state index in [9.17, 15) is 0 Å². The van der Waals surface area contributed by atoms with E-state index in [1.54, 1.807) is 18.5 Å². The third-order valence-corrected chi connectivity index (χ3v) is 2.40. The highest BCUT2D eigenvalue weighted by Crippen LogP contribution is 2.29. The summed E-state index contributed by atoms with van der Waals surface area (Å²) in [5, 5.41) is 12.3. The number of pyridine rings is 1. The Labute approximate surface area is 88.3 Å². The molecule has 0 N–H and O–H groups in total. The molecule has 0 aromatic carbocycles. The molecule has 2 aromatic heterocycles. The Hall–Kier alpha value is -1.67. The van der Waals surface area contributed by atoms with Gasteiger partial charge >= 0.3 is 0 Å². The summed E-state index contributed by atoms with van der Waals surface area (Å²) in [6.07, 6.45) is 3.31. The van der Waals surface area contributed by atoms with E-state index in [1.165, 1.54) is 0 Å². The van der Waals surface area contributed by atoms with Crippen molar-refractivity contribution in [3.05, 3.63) is 34.7 Å². The van der Waals surface area contributed by atoms with E-state index < -0.39 is 0 Å². The molecule has 0 radical (unpaired) electrons. The molecule has 4 nitrogen and oxygen atoms in total. The summed E-state index contributed by atoms with van der Waals surface area (Å²) in [6, 6.07) is 5.53. The van der Waals surface area contributed by atoms with Crippen molar-refractivity contribution in [3.8, 4) is 17.4 Å². The van der Waals surface area contributed by atoms with E-state index >= 15 is 0 Å². The molecule has 0 bridgehead atoms. The maximum Gasteiger partial charge on any atom is 0.198 e. The standard InChI is InChI=1S/C9H4BrN3O/c10-8-7(4-11)13-14-9(8)6-2-1-3-12-5-6/h1-3,5H. The van der Waals surface area contributed by atoms with Gasteiger partial charge in [-0.1, -0.05) is 5.16 Å². The minimum Gasteiger partial charge on any atom is -0.354 e. The first kappa shape index (κ1) is 8.91. The van der Waals surface area contributed by atoms with Gasteiger partial charge in [0.05, 0.1) is 0 Å². The highest BCUT2D eigenvalue weighted by atomic mass is 79.9. The van der Waals surface area contributed by atoms with Crippen LogP contribution in [-0.4, -0.2) is 10.1 Å². The highest BCUT2D eigenvalue weighted by Gasteiger charge is 2.14. The topological polar surface area (TPSA) is 62.7 Å². The molecule has 0 atom stereocenters. The molecular formula is C9H4BrN3O. The van der Waals surface area contributed by atoms with E-state index in [1.807, 2.05) is 12.1 Å². The van der Waals surface area contributed by atoms with E-state index in [-0.39, 0.29) is 5.69 Å². The number of nitriles is 1. The Kier molecular flexibility index (Phi) is 2.29. The summed E-state index contributed by atoms with van der Waals surface area (Å²) < 4.78 is 5.58. The first-order chi connectivity index (χ1) is 6.83. The molecule has 2 heterocycles. The van der Waals surface area contributed by atoms with Crippen molar-refractivity contribution in [1.82, 2.24) is 10.1 Å². The van der Waals surface area contributed by atoms with Crippen LogP contribution < -0.4 is 0 Å². The monoisotopic (exact) mass is 249 g/mol. The van der Waals surface area contributed by atoms with E-state index in [0.29, 0.717) is 10.2 Å². The second-order valence-electron chi connectivity index (χ2n) is 2.53. The molecule has 0 aliphatic heterocycles. The average Bonchev–Trinajstić information content (AvgIpc) is 2.61. The zero-order valence-corrected chi connectivity index (χ0v) is 8.52. The fourth-order valence-corrected chi connectivity index (χ4v) is 1.49. The van der Waals surface area contributed by atoms with Crippen LogP contribution in [-0.2, 0) is 0 Å². The predicted molar refractivity (Wildman–Crippen MR) is 52.1 cm³/mol. The Morgan fingerprint density at radius 2 is 2.36 bits per heavy atom. The molecule has 0 spiro atoms. The van der Waals surface area contributed by atoms with E-state index in [0.717, 1.165) is 5.56 Å². The Bertz CT molecular complexity index is 487. The zero-order valence-electron chi connectivity index (χ0n) is 6.94. The number of aromatic nitrogens is 2. The maximum atomic E-state index is 8.66. The molecule has 2 rings (SSSR count). The summed E-state index contributed by atoms with van der Waals surface area (Å²) in [7, 11) is 0. The van der Waals surface area contributed by atoms with Crippen LogP contribution in [0.5, 0.6) is 0 Å². The molecule has 0 aliphatic rings. The summed E-state index contributed by atoms with van der Waals surface area (Å²) in [5.41, 5.74) is 1.03. The smallest absolute Gasteiger partial charge is 0.198 e. The number of hydrogen-bond donors (Lipinski definition) is 0. The summed E-state index contributed by atoms with van der Waals surface area (Å²) in [4.78, 5) is 3.95. The van der Waals surface area contributed by atoms with Gasteiger partial charge in [0.1, 0.15) is 10.5 Å². The lowest BCUT2D eigenvalue weighted by molar-refractivity contribution is 0.429. The lowest BCUT2D eigenvalue weighted by Crippen LogP contribution is -1.77. The van der Waals surface area contributed by atoms with Gasteiger partial charge < -0.3 is 4.52 Å². The summed E-state index contributed by atoms with van der Waals surface area (Å²) in [5.74, 6) is 0.523. The second kappa shape index (κ2) is 3.60. The molecule has 0 amide bonds. The first-order valence-corrected chi connectivity index (χ1v) is 4.58. The van der Waals surface area contributed by atoms with Crippen molar-refractivity contribution in [1.29, 1.82) is 5.26 Å². The van der Waals surface area contributed by atoms with E-state index in [2.05, 4.69) is 26.1 Å². The molecule has 0 unspecified atom stereocenters. The van der Waals surface area contributed by atoms with Crippen LogP contribution in [0.3, 0.4) is 0 Å². The van der Waals surface area contributed by atoms with Crippen LogP contribution in [0.25, 0.3) is 11.3 Å². The van der Waals surface area contributed by atoms with E-state index in [4.69, 9.17) is 9.78 Å². The van der Waals surface area contributed by atoms with Crippen LogP contribution in [0.15, 0.2) is 33.5 Å². The van der Waals surface area contributed by atoms with Gasteiger partial charge in [-0.2, -0.15) is 5.26 Å². The molecule has 0 saturated heterocycles. The van der Waals surface area contributed by atoms with Gasteiger partial charge in [0.15, 0.2) is 11.5 Å². The van der Waals surface area contributed by atoms with Crippen LogP contribution >= 0.6 is 15.9 Å². The third-order valence-electron chi connectivity index (χ3n) is 1.67. The minimum absolute atomic E-state index is 0.240. The van der Waals surface area contributed by atoms with Gasteiger partial charge in [-0.05, 0) is 28.1 Å². The molecule has 68 valence electrons. The van der Waals surface area contributed by atoms with Gasteiger partial charge in [-0.25, -0.2) is 0 Å². The van der Waals surface area contributed by atoms with Crippen molar-refractivity contribution in [2.75, 3.05) is 0 Å². The van der Waals surface area contributed by atoms with Crippen LogP contribution in [0.1, 0.15) is 5.69 Å². The molecule has 5 heteroatoms. The molecule has 14 heavy (non-hydrogen) atoms. The fourth-order valence-electron chi connectivity index (χ4n) is 1.02. The molecule has 0 aliphatic carbocycles. The average molecular weight is 250 g/mol. The van der Waals surface area contributed by atoms with Crippen LogP contribution in [0, 0.1) is 11.3 Å². The maximum absolute atomic E-state index is 8.66. The van der Waals surface area contributed by atoms with Crippen LogP contribution in [0.4, 0.5) is 0 Å².